The number of nitrogens with zero attached hydrogens (tertiary/aromatic N) is 4. The minimum absolute atomic E-state index is 0.0854. The lowest BCUT2D eigenvalue weighted by Crippen LogP contribution is -2.28. The standard InChI is InChI=1S/C22H21N5O4S/c1-2-9-26-21(29)23-24-22(26)32-13-20(28)27-16(18-8-5-10-30-18)12-15(25-27)19-11-14-6-3-4-7-17(14)31-19/h3-8,10-11,16H,2,9,12-13H2,1H3,(H,23,29). The van der Waals surface area contributed by atoms with Crippen LogP contribution in [-0.2, 0) is 11.3 Å². The molecule has 1 aliphatic heterocycles. The van der Waals surface area contributed by atoms with Crippen molar-refractivity contribution >= 4 is 34.3 Å². The summed E-state index contributed by atoms with van der Waals surface area (Å²) in [4.78, 5) is 25.1. The summed E-state index contributed by atoms with van der Waals surface area (Å²) in [5.41, 5.74) is 1.18. The fourth-order valence-corrected chi connectivity index (χ4v) is 4.57. The Bertz CT molecular complexity index is 1300. The molecule has 0 bridgehead atoms. The summed E-state index contributed by atoms with van der Waals surface area (Å²) in [6.07, 6.45) is 2.85. The molecule has 1 N–H and O–H groups in total. The Morgan fingerprint density at radius 2 is 2.16 bits per heavy atom. The molecule has 3 aromatic heterocycles. The van der Waals surface area contributed by atoms with Crippen LogP contribution in [0.25, 0.3) is 11.0 Å². The Morgan fingerprint density at radius 1 is 1.28 bits per heavy atom. The van der Waals surface area contributed by atoms with Gasteiger partial charge in [-0.2, -0.15) is 5.10 Å². The number of furan rings is 2. The van der Waals surface area contributed by atoms with Crippen LogP contribution in [0.2, 0.25) is 0 Å². The van der Waals surface area contributed by atoms with Gasteiger partial charge >= 0.3 is 5.69 Å². The van der Waals surface area contributed by atoms with E-state index in [1.807, 2.05) is 43.3 Å². The third-order valence-electron chi connectivity index (χ3n) is 5.24. The highest BCUT2D eigenvalue weighted by atomic mass is 32.2. The molecule has 4 heterocycles. The fourth-order valence-electron chi connectivity index (χ4n) is 3.74. The Hall–Kier alpha value is -3.53. The molecule has 0 saturated heterocycles. The number of H-pyrrole nitrogens is 1. The van der Waals surface area contributed by atoms with Gasteiger partial charge in [-0.1, -0.05) is 36.9 Å². The van der Waals surface area contributed by atoms with E-state index in [0.29, 0.717) is 35.4 Å². The van der Waals surface area contributed by atoms with E-state index in [0.717, 1.165) is 17.4 Å². The number of benzene rings is 1. The van der Waals surface area contributed by atoms with Gasteiger partial charge in [-0.3, -0.25) is 9.36 Å². The Labute approximate surface area is 187 Å². The highest BCUT2D eigenvalue weighted by Crippen LogP contribution is 2.35. The number of thioether (sulfide) groups is 1. The molecule has 164 valence electrons. The maximum atomic E-state index is 13.1. The molecule has 5 rings (SSSR count). The van der Waals surface area contributed by atoms with Gasteiger partial charge in [0.1, 0.15) is 23.1 Å². The van der Waals surface area contributed by atoms with Crippen molar-refractivity contribution in [1.29, 1.82) is 0 Å². The molecule has 10 heteroatoms. The Morgan fingerprint density at radius 3 is 2.94 bits per heavy atom. The van der Waals surface area contributed by atoms with E-state index in [-0.39, 0.29) is 23.4 Å². The monoisotopic (exact) mass is 451 g/mol. The number of hydrogen-bond donors (Lipinski definition) is 1. The first-order chi connectivity index (χ1) is 15.6. The van der Waals surface area contributed by atoms with Gasteiger partial charge in [-0.25, -0.2) is 14.9 Å². The van der Waals surface area contributed by atoms with Crippen molar-refractivity contribution in [2.24, 2.45) is 5.10 Å². The van der Waals surface area contributed by atoms with Gasteiger partial charge in [-0.05, 0) is 30.7 Å². The molecule has 1 aromatic carbocycles. The highest BCUT2D eigenvalue weighted by molar-refractivity contribution is 7.99. The van der Waals surface area contributed by atoms with Gasteiger partial charge in [0.25, 0.3) is 5.91 Å². The van der Waals surface area contributed by atoms with Crippen molar-refractivity contribution in [1.82, 2.24) is 19.8 Å². The first-order valence-electron chi connectivity index (χ1n) is 10.3. The van der Waals surface area contributed by atoms with E-state index >= 15 is 0 Å². The average molecular weight is 452 g/mol. The first kappa shape index (κ1) is 20.4. The van der Waals surface area contributed by atoms with Crippen molar-refractivity contribution in [2.45, 2.75) is 37.5 Å². The summed E-state index contributed by atoms with van der Waals surface area (Å²) in [6, 6.07) is 12.9. The molecule has 0 fully saturated rings. The molecule has 1 unspecified atom stereocenters. The third-order valence-corrected chi connectivity index (χ3v) is 6.20. The summed E-state index contributed by atoms with van der Waals surface area (Å²) in [5.74, 6) is 1.17. The lowest BCUT2D eigenvalue weighted by Gasteiger charge is -2.19. The van der Waals surface area contributed by atoms with Crippen LogP contribution in [0.15, 0.2) is 72.6 Å². The first-order valence-corrected chi connectivity index (χ1v) is 11.3. The van der Waals surface area contributed by atoms with Gasteiger partial charge in [-0.15, -0.1) is 5.10 Å². The predicted octanol–water partition coefficient (Wildman–Crippen LogP) is 3.79. The summed E-state index contributed by atoms with van der Waals surface area (Å²) in [5, 5.41) is 14.0. The second-order valence-electron chi connectivity index (χ2n) is 7.42. The number of rotatable bonds is 7. The zero-order valence-electron chi connectivity index (χ0n) is 17.4. The van der Waals surface area contributed by atoms with E-state index in [1.165, 1.54) is 21.3 Å². The molecule has 0 saturated carbocycles. The molecular formula is C22H21N5O4S. The second kappa shape index (κ2) is 8.54. The van der Waals surface area contributed by atoms with Crippen molar-refractivity contribution in [2.75, 3.05) is 5.75 Å². The smallest absolute Gasteiger partial charge is 0.343 e. The second-order valence-corrected chi connectivity index (χ2v) is 8.36. The van der Waals surface area contributed by atoms with Gasteiger partial charge in [0.05, 0.1) is 12.0 Å². The minimum Gasteiger partial charge on any atom is -0.467 e. The van der Waals surface area contributed by atoms with Crippen molar-refractivity contribution in [3.8, 4) is 0 Å². The van der Waals surface area contributed by atoms with Crippen LogP contribution in [0.3, 0.4) is 0 Å². The summed E-state index contributed by atoms with van der Waals surface area (Å²) in [7, 11) is 0. The number of fused-ring (bicyclic) bond motifs is 1. The predicted molar refractivity (Wildman–Crippen MR) is 120 cm³/mol. The molecular weight excluding hydrogens is 430 g/mol. The molecule has 32 heavy (non-hydrogen) atoms. The molecule has 1 atom stereocenters. The molecule has 4 aromatic rings. The van der Waals surface area contributed by atoms with Crippen LogP contribution in [0.4, 0.5) is 0 Å². The number of hydrogen-bond acceptors (Lipinski definition) is 7. The van der Waals surface area contributed by atoms with Crippen LogP contribution >= 0.6 is 11.8 Å². The largest absolute Gasteiger partial charge is 0.467 e. The van der Waals surface area contributed by atoms with Gasteiger partial charge in [0, 0.05) is 18.4 Å². The molecule has 9 nitrogen and oxygen atoms in total. The Balaban J connectivity index is 1.40. The van der Waals surface area contributed by atoms with Gasteiger partial charge in [0.2, 0.25) is 0 Å². The maximum Gasteiger partial charge on any atom is 0.343 e. The fraction of sp³-hybridized carbons (Fsp3) is 0.273. The van der Waals surface area contributed by atoms with Crippen molar-refractivity contribution < 1.29 is 13.6 Å². The topological polar surface area (TPSA) is 110 Å². The molecule has 1 amide bonds. The summed E-state index contributed by atoms with van der Waals surface area (Å²) >= 11 is 1.21. The number of hydrazone groups is 1. The average Bonchev–Trinajstić information content (AvgIpc) is 3.58. The summed E-state index contributed by atoms with van der Waals surface area (Å²) in [6.45, 7) is 2.52. The van der Waals surface area contributed by atoms with Crippen molar-refractivity contribution in [3.05, 3.63) is 70.7 Å². The normalized spacial score (nSPS) is 16.1. The zero-order chi connectivity index (χ0) is 22.1. The number of aromatic amines is 1. The van der Waals surface area contributed by atoms with Crippen LogP contribution < -0.4 is 5.69 Å². The number of aromatic nitrogens is 3. The SMILES string of the molecule is CCCn1c(SCC(=O)N2N=C(c3cc4ccccc4o3)CC2c2ccco2)n[nH]c1=O. The van der Waals surface area contributed by atoms with E-state index in [9.17, 15) is 9.59 Å². The number of amides is 1. The Kier molecular flexibility index (Phi) is 5.44. The third kappa shape index (κ3) is 3.77. The van der Waals surface area contributed by atoms with Crippen molar-refractivity contribution in [3.63, 3.8) is 0 Å². The molecule has 1 aliphatic rings. The lowest BCUT2D eigenvalue weighted by atomic mass is 10.1. The number of para-hydroxylation sites is 1. The number of nitrogens with one attached hydrogen (secondary N) is 1. The van der Waals surface area contributed by atoms with E-state index in [2.05, 4.69) is 15.3 Å². The van der Waals surface area contributed by atoms with Crippen LogP contribution in [-0.4, -0.2) is 37.1 Å². The minimum atomic E-state index is -0.363. The van der Waals surface area contributed by atoms with Gasteiger partial charge < -0.3 is 8.83 Å². The van der Waals surface area contributed by atoms with E-state index in [4.69, 9.17) is 8.83 Å². The maximum absolute atomic E-state index is 13.1. The number of carbonyl (C=O) groups excluding carboxylic acids is 1. The zero-order valence-corrected chi connectivity index (χ0v) is 18.2. The summed E-state index contributed by atoms with van der Waals surface area (Å²) < 4.78 is 13.1. The number of carbonyl (C=O) groups is 1. The van der Waals surface area contributed by atoms with E-state index < -0.39 is 0 Å². The van der Waals surface area contributed by atoms with Gasteiger partial charge in [0.15, 0.2) is 10.9 Å². The quantitative estimate of drug-likeness (QED) is 0.428. The van der Waals surface area contributed by atoms with Crippen LogP contribution in [0, 0.1) is 0 Å². The van der Waals surface area contributed by atoms with Crippen LogP contribution in [0.5, 0.6) is 0 Å². The van der Waals surface area contributed by atoms with Crippen LogP contribution in [0.1, 0.15) is 37.3 Å². The molecule has 0 aliphatic carbocycles. The lowest BCUT2D eigenvalue weighted by molar-refractivity contribution is -0.130. The molecule has 0 spiro atoms. The highest BCUT2D eigenvalue weighted by Gasteiger charge is 2.36. The molecule has 0 radical (unpaired) electrons. The van der Waals surface area contributed by atoms with E-state index in [1.54, 1.807) is 12.3 Å².